The molecule has 0 radical (unpaired) electrons. The summed E-state index contributed by atoms with van der Waals surface area (Å²) in [5.74, 6) is -4.96. The number of hydrogen-bond acceptors (Lipinski definition) is 3. The van der Waals surface area contributed by atoms with Crippen molar-refractivity contribution in [2.75, 3.05) is 13.1 Å². The predicted octanol–water partition coefficient (Wildman–Crippen LogP) is 1.87. The summed E-state index contributed by atoms with van der Waals surface area (Å²) in [4.78, 5) is 25.5. The summed E-state index contributed by atoms with van der Waals surface area (Å²) >= 11 is 0. The molecular weight excluding hydrogens is 297 g/mol. The van der Waals surface area contributed by atoms with Crippen LogP contribution in [-0.2, 0) is 4.79 Å². The van der Waals surface area contributed by atoms with E-state index in [9.17, 15) is 22.8 Å². The number of Topliss-reactive ketones (excluding diaryl/α,β-unsaturated/α-hetero) is 1. The van der Waals surface area contributed by atoms with Crippen molar-refractivity contribution in [3.05, 3.63) is 35.1 Å². The van der Waals surface area contributed by atoms with Gasteiger partial charge in [-0.1, -0.05) is 0 Å². The van der Waals surface area contributed by atoms with E-state index in [1.165, 1.54) is 4.90 Å². The van der Waals surface area contributed by atoms with Crippen molar-refractivity contribution in [2.24, 2.45) is 11.7 Å². The Hall–Kier alpha value is -1.89. The van der Waals surface area contributed by atoms with Gasteiger partial charge in [-0.2, -0.15) is 0 Å². The lowest BCUT2D eigenvalue weighted by molar-refractivity contribution is -0.133. The second kappa shape index (κ2) is 6.48. The van der Waals surface area contributed by atoms with E-state index in [-0.39, 0.29) is 5.91 Å². The second-order valence-electron chi connectivity index (χ2n) is 5.50. The fourth-order valence-corrected chi connectivity index (χ4v) is 2.63. The lowest BCUT2D eigenvalue weighted by Crippen LogP contribution is -2.46. The van der Waals surface area contributed by atoms with Gasteiger partial charge in [0, 0.05) is 31.1 Å². The largest absolute Gasteiger partial charge is 0.341 e. The van der Waals surface area contributed by atoms with Crippen LogP contribution in [0.5, 0.6) is 0 Å². The molecule has 120 valence electrons. The number of hydrogen-bond donors (Lipinski definition) is 1. The van der Waals surface area contributed by atoms with Crippen LogP contribution in [0.1, 0.15) is 30.1 Å². The summed E-state index contributed by atoms with van der Waals surface area (Å²) < 4.78 is 40.2. The van der Waals surface area contributed by atoms with Crippen molar-refractivity contribution in [1.82, 2.24) is 4.90 Å². The molecule has 1 aliphatic heterocycles. The third-order valence-corrected chi connectivity index (χ3v) is 3.82. The topological polar surface area (TPSA) is 63.4 Å². The Labute approximate surface area is 126 Å². The Morgan fingerprint density at radius 1 is 1.18 bits per heavy atom. The predicted molar refractivity (Wildman–Crippen MR) is 73.6 cm³/mol. The number of rotatable bonds is 3. The Kier molecular flexibility index (Phi) is 4.85. The molecule has 0 aromatic heterocycles. The Morgan fingerprint density at radius 2 is 1.68 bits per heavy atom. The van der Waals surface area contributed by atoms with Gasteiger partial charge in [0.2, 0.25) is 5.91 Å². The highest BCUT2D eigenvalue weighted by Crippen LogP contribution is 2.25. The molecule has 7 heteroatoms. The molecule has 1 aromatic carbocycles. The van der Waals surface area contributed by atoms with Gasteiger partial charge in [0.25, 0.3) is 0 Å². The molecule has 1 aliphatic rings. The van der Waals surface area contributed by atoms with Gasteiger partial charge >= 0.3 is 0 Å². The summed E-state index contributed by atoms with van der Waals surface area (Å²) in [6.45, 7) is 2.19. The van der Waals surface area contributed by atoms with Crippen molar-refractivity contribution < 1.29 is 22.8 Å². The SMILES string of the molecule is C[C@@H](N)C(=O)N1CCC(C(=O)c2c(F)cc(F)cc2F)CC1. The fraction of sp³-hybridized carbons (Fsp3) is 0.467. The number of benzene rings is 1. The minimum Gasteiger partial charge on any atom is -0.341 e. The molecule has 0 unspecified atom stereocenters. The Bertz CT molecular complexity index is 573. The van der Waals surface area contributed by atoms with E-state index in [0.717, 1.165) is 0 Å². The molecule has 2 N–H and O–H groups in total. The molecule has 0 saturated carbocycles. The van der Waals surface area contributed by atoms with E-state index >= 15 is 0 Å². The number of amides is 1. The molecule has 1 heterocycles. The highest BCUT2D eigenvalue weighted by atomic mass is 19.1. The van der Waals surface area contributed by atoms with Crippen LogP contribution in [0.2, 0.25) is 0 Å². The average Bonchev–Trinajstić information content (AvgIpc) is 2.45. The summed E-state index contributed by atoms with van der Waals surface area (Å²) in [6.07, 6.45) is 0.598. The van der Waals surface area contributed by atoms with Crippen molar-refractivity contribution in [1.29, 1.82) is 0 Å². The summed E-state index contributed by atoms with van der Waals surface area (Å²) in [6, 6.07) is 0.357. The molecule has 1 aromatic rings. The zero-order chi connectivity index (χ0) is 16.4. The van der Waals surface area contributed by atoms with Gasteiger partial charge in [-0.3, -0.25) is 9.59 Å². The minimum atomic E-state index is -1.20. The van der Waals surface area contributed by atoms with Gasteiger partial charge in [0.1, 0.15) is 17.5 Å². The van der Waals surface area contributed by atoms with Gasteiger partial charge in [0.15, 0.2) is 5.78 Å². The highest BCUT2D eigenvalue weighted by molar-refractivity contribution is 5.98. The van der Waals surface area contributed by atoms with Crippen molar-refractivity contribution in [3.8, 4) is 0 Å². The highest BCUT2D eigenvalue weighted by Gasteiger charge is 2.31. The molecule has 4 nitrogen and oxygen atoms in total. The number of carbonyl (C=O) groups is 2. The van der Waals surface area contributed by atoms with E-state index in [2.05, 4.69) is 0 Å². The second-order valence-corrected chi connectivity index (χ2v) is 5.50. The van der Waals surface area contributed by atoms with E-state index in [4.69, 9.17) is 5.73 Å². The molecule has 1 amide bonds. The average molecular weight is 314 g/mol. The van der Waals surface area contributed by atoms with Crippen molar-refractivity contribution >= 4 is 11.7 Å². The van der Waals surface area contributed by atoms with E-state index in [0.29, 0.717) is 38.1 Å². The third kappa shape index (κ3) is 3.30. The molecular formula is C15H17F3N2O2. The molecule has 1 saturated heterocycles. The number of nitrogens with two attached hydrogens (primary N) is 1. The summed E-state index contributed by atoms with van der Waals surface area (Å²) in [5, 5.41) is 0. The first-order chi connectivity index (χ1) is 10.3. The normalized spacial score (nSPS) is 17.4. The van der Waals surface area contributed by atoms with Crippen LogP contribution < -0.4 is 5.73 Å². The minimum absolute atomic E-state index is 0.218. The maximum absolute atomic E-state index is 13.6. The molecule has 0 bridgehead atoms. The summed E-state index contributed by atoms with van der Waals surface area (Å²) in [5.41, 5.74) is 4.80. The van der Waals surface area contributed by atoms with Crippen LogP contribution in [0, 0.1) is 23.4 Å². The molecule has 0 aliphatic carbocycles. The molecule has 1 atom stereocenters. The van der Waals surface area contributed by atoms with Crippen LogP contribution in [0.15, 0.2) is 12.1 Å². The third-order valence-electron chi connectivity index (χ3n) is 3.82. The number of halogens is 3. The van der Waals surface area contributed by atoms with Crippen LogP contribution >= 0.6 is 0 Å². The van der Waals surface area contributed by atoms with Crippen LogP contribution in [0.25, 0.3) is 0 Å². The first-order valence-corrected chi connectivity index (χ1v) is 7.04. The summed E-state index contributed by atoms with van der Waals surface area (Å²) in [7, 11) is 0. The lowest BCUT2D eigenvalue weighted by Gasteiger charge is -2.32. The monoisotopic (exact) mass is 314 g/mol. The van der Waals surface area contributed by atoms with Gasteiger partial charge in [-0.25, -0.2) is 13.2 Å². The van der Waals surface area contributed by atoms with Crippen LogP contribution in [-0.4, -0.2) is 35.7 Å². The number of piperidine rings is 1. The number of carbonyl (C=O) groups excluding carboxylic acids is 2. The number of likely N-dealkylation sites (tertiary alicyclic amines) is 1. The van der Waals surface area contributed by atoms with E-state index in [1.54, 1.807) is 6.92 Å². The smallest absolute Gasteiger partial charge is 0.239 e. The van der Waals surface area contributed by atoms with Crippen LogP contribution in [0.3, 0.4) is 0 Å². The molecule has 1 fully saturated rings. The van der Waals surface area contributed by atoms with Gasteiger partial charge in [0.05, 0.1) is 11.6 Å². The first-order valence-electron chi connectivity index (χ1n) is 7.04. The van der Waals surface area contributed by atoms with Crippen LogP contribution in [0.4, 0.5) is 13.2 Å². The van der Waals surface area contributed by atoms with E-state index in [1.807, 2.05) is 0 Å². The Morgan fingerprint density at radius 3 is 2.14 bits per heavy atom. The Balaban J connectivity index is 2.09. The quantitative estimate of drug-likeness (QED) is 0.866. The maximum Gasteiger partial charge on any atom is 0.239 e. The molecule has 0 spiro atoms. The molecule has 2 rings (SSSR count). The van der Waals surface area contributed by atoms with Gasteiger partial charge < -0.3 is 10.6 Å². The number of ketones is 1. The zero-order valence-corrected chi connectivity index (χ0v) is 12.1. The first kappa shape index (κ1) is 16.5. The van der Waals surface area contributed by atoms with Crippen molar-refractivity contribution in [2.45, 2.75) is 25.8 Å². The maximum atomic E-state index is 13.6. The zero-order valence-electron chi connectivity index (χ0n) is 12.1. The van der Waals surface area contributed by atoms with Gasteiger partial charge in [-0.15, -0.1) is 0 Å². The standard InChI is InChI=1S/C15H17F3N2O2/c1-8(19)15(22)20-4-2-9(3-5-20)14(21)13-11(17)6-10(16)7-12(13)18/h6-9H,2-5,19H2,1H3/t8-/m1/s1. The van der Waals surface area contributed by atoms with Crippen molar-refractivity contribution in [3.63, 3.8) is 0 Å². The molecule has 22 heavy (non-hydrogen) atoms. The van der Waals surface area contributed by atoms with E-state index < -0.39 is 40.8 Å². The number of nitrogens with zero attached hydrogens (tertiary/aromatic N) is 1. The lowest BCUT2D eigenvalue weighted by atomic mass is 9.88. The van der Waals surface area contributed by atoms with Gasteiger partial charge in [-0.05, 0) is 19.8 Å². The fourth-order valence-electron chi connectivity index (χ4n) is 2.63.